The van der Waals surface area contributed by atoms with Crippen LogP contribution in [0.1, 0.15) is 23.7 Å². The molecule has 1 aromatic carbocycles. The molecule has 0 bridgehead atoms. The summed E-state index contributed by atoms with van der Waals surface area (Å²) < 4.78 is 0. The lowest BCUT2D eigenvalue weighted by Gasteiger charge is -2.21. The van der Waals surface area contributed by atoms with Gasteiger partial charge in [0.25, 0.3) is 5.91 Å². The van der Waals surface area contributed by atoms with Gasteiger partial charge in [-0.05, 0) is 24.6 Å². The van der Waals surface area contributed by atoms with Crippen LogP contribution in [0.4, 0.5) is 5.69 Å². The van der Waals surface area contributed by atoms with Gasteiger partial charge < -0.3 is 16.0 Å². The quantitative estimate of drug-likeness (QED) is 0.805. The van der Waals surface area contributed by atoms with Gasteiger partial charge in [0.05, 0.1) is 17.3 Å². The zero-order chi connectivity index (χ0) is 14.4. The molecule has 0 fully saturated rings. The molecule has 0 heterocycles. The summed E-state index contributed by atoms with van der Waals surface area (Å²) in [7, 11) is 1.54. The number of carbonyl (C=O) groups is 2. The number of benzene rings is 1. The summed E-state index contributed by atoms with van der Waals surface area (Å²) in [6, 6.07) is 4.71. The number of carbonyl (C=O) groups excluding carboxylic acids is 2. The lowest BCUT2D eigenvalue weighted by Crippen LogP contribution is -2.40. The first-order valence-corrected chi connectivity index (χ1v) is 6.42. The van der Waals surface area contributed by atoms with E-state index in [-0.39, 0.29) is 18.4 Å². The molecule has 6 heteroatoms. The molecule has 0 aliphatic carbocycles. The van der Waals surface area contributed by atoms with Gasteiger partial charge in [0, 0.05) is 19.2 Å². The monoisotopic (exact) mass is 283 g/mol. The van der Waals surface area contributed by atoms with E-state index in [1.54, 1.807) is 12.1 Å². The van der Waals surface area contributed by atoms with Crippen LogP contribution in [0, 0.1) is 0 Å². The molecule has 0 aromatic heterocycles. The van der Waals surface area contributed by atoms with E-state index in [0.29, 0.717) is 22.8 Å². The Hall–Kier alpha value is -1.75. The highest BCUT2D eigenvalue weighted by molar-refractivity contribution is 6.33. The predicted molar refractivity (Wildman–Crippen MR) is 76.1 cm³/mol. The van der Waals surface area contributed by atoms with E-state index in [1.807, 2.05) is 6.92 Å². The van der Waals surface area contributed by atoms with E-state index in [9.17, 15) is 9.59 Å². The van der Waals surface area contributed by atoms with E-state index < -0.39 is 0 Å². The van der Waals surface area contributed by atoms with Gasteiger partial charge in [-0.1, -0.05) is 18.5 Å². The van der Waals surface area contributed by atoms with E-state index in [0.717, 1.165) is 6.42 Å². The minimum Gasteiger partial charge on any atom is -0.398 e. The highest BCUT2D eigenvalue weighted by Gasteiger charge is 2.18. The largest absolute Gasteiger partial charge is 0.398 e. The van der Waals surface area contributed by atoms with Gasteiger partial charge in [-0.25, -0.2) is 0 Å². The van der Waals surface area contributed by atoms with E-state index >= 15 is 0 Å². The predicted octanol–water partition coefficient (Wildman–Crippen LogP) is 1.52. The number of amides is 2. The molecular weight excluding hydrogens is 266 g/mol. The number of halogens is 1. The second-order valence-electron chi connectivity index (χ2n) is 4.14. The van der Waals surface area contributed by atoms with Crippen LogP contribution in [0.2, 0.25) is 5.02 Å². The number of likely N-dealkylation sites (N-methyl/N-ethyl adjacent to an activating group) is 1. The van der Waals surface area contributed by atoms with Crippen LogP contribution in [0.3, 0.4) is 0 Å². The van der Waals surface area contributed by atoms with Gasteiger partial charge in [0.15, 0.2) is 0 Å². The molecule has 104 valence electrons. The van der Waals surface area contributed by atoms with Crippen molar-refractivity contribution in [2.45, 2.75) is 13.3 Å². The molecule has 3 N–H and O–H groups in total. The van der Waals surface area contributed by atoms with Crippen molar-refractivity contribution in [2.24, 2.45) is 0 Å². The molecule has 2 amide bonds. The van der Waals surface area contributed by atoms with Crippen molar-refractivity contribution in [3.8, 4) is 0 Å². The fraction of sp³-hybridized carbons (Fsp3) is 0.385. The molecule has 0 aliphatic rings. The Morgan fingerprint density at radius 2 is 2.11 bits per heavy atom. The summed E-state index contributed by atoms with van der Waals surface area (Å²) in [5.74, 6) is -0.435. The topological polar surface area (TPSA) is 75.4 Å². The smallest absolute Gasteiger partial charge is 0.254 e. The molecule has 5 nitrogen and oxygen atoms in total. The second-order valence-corrected chi connectivity index (χ2v) is 4.54. The van der Waals surface area contributed by atoms with Crippen molar-refractivity contribution in [1.29, 1.82) is 0 Å². The Morgan fingerprint density at radius 3 is 2.63 bits per heavy atom. The Balaban J connectivity index is 2.91. The molecule has 1 aromatic rings. The fourth-order valence-corrected chi connectivity index (χ4v) is 1.80. The number of nitrogen functional groups attached to an aromatic ring is 1. The van der Waals surface area contributed by atoms with Crippen molar-refractivity contribution in [2.75, 3.05) is 25.9 Å². The molecular formula is C13H18ClN3O2. The summed E-state index contributed by atoms with van der Waals surface area (Å²) in [6.45, 7) is 2.49. The lowest BCUT2D eigenvalue weighted by molar-refractivity contribution is -0.121. The highest BCUT2D eigenvalue weighted by atomic mass is 35.5. The van der Waals surface area contributed by atoms with Crippen molar-refractivity contribution < 1.29 is 9.59 Å². The first-order chi connectivity index (χ1) is 8.99. The zero-order valence-corrected chi connectivity index (χ0v) is 11.8. The molecule has 1 rings (SSSR count). The summed E-state index contributed by atoms with van der Waals surface area (Å²) >= 11 is 5.90. The van der Waals surface area contributed by atoms with Crippen molar-refractivity contribution in [3.05, 3.63) is 28.8 Å². The van der Waals surface area contributed by atoms with E-state index in [4.69, 9.17) is 17.3 Å². The Bertz CT molecular complexity index is 477. The third kappa shape index (κ3) is 4.13. The number of hydrogen-bond acceptors (Lipinski definition) is 3. The van der Waals surface area contributed by atoms with Crippen molar-refractivity contribution >= 4 is 29.1 Å². The van der Waals surface area contributed by atoms with E-state index in [1.165, 1.54) is 18.0 Å². The number of anilines is 1. The maximum absolute atomic E-state index is 12.3. The molecule has 0 spiro atoms. The van der Waals surface area contributed by atoms with Gasteiger partial charge >= 0.3 is 0 Å². The van der Waals surface area contributed by atoms with Crippen LogP contribution in [0.15, 0.2) is 18.2 Å². The SMILES string of the molecule is CCCN(CC(=O)NC)C(=O)c1ccc(N)c(Cl)c1. The first kappa shape index (κ1) is 15.3. The molecule has 19 heavy (non-hydrogen) atoms. The standard InChI is InChI=1S/C13H18ClN3O2/c1-3-6-17(8-12(18)16-2)13(19)9-4-5-11(15)10(14)7-9/h4-5,7H,3,6,8,15H2,1-2H3,(H,16,18). The van der Waals surface area contributed by atoms with Gasteiger partial charge in [-0.2, -0.15) is 0 Å². The van der Waals surface area contributed by atoms with Crippen LogP contribution in [0.25, 0.3) is 0 Å². The van der Waals surface area contributed by atoms with Gasteiger partial charge in [0.1, 0.15) is 0 Å². The maximum atomic E-state index is 12.3. The number of hydrogen-bond donors (Lipinski definition) is 2. The number of nitrogens with two attached hydrogens (primary N) is 1. The second kappa shape index (κ2) is 6.99. The Morgan fingerprint density at radius 1 is 1.42 bits per heavy atom. The highest BCUT2D eigenvalue weighted by Crippen LogP contribution is 2.20. The number of nitrogens with one attached hydrogen (secondary N) is 1. The summed E-state index contributed by atoms with van der Waals surface area (Å²) in [5.41, 5.74) is 6.46. The van der Waals surface area contributed by atoms with Crippen molar-refractivity contribution in [3.63, 3.8) is 0 Å². The molecule has 0 unspecified atom stereocenters. The van der Waals surface area contributed by atoms with Crippen LogP contribution in [0.5, 0.6) is 0 Å². The lowest BCUT2D eigenvalue weighted by atomic mass is 10.1. The normalized spacial score (nSPS) is 10.1. The Kier molecular flexibility index (Phi) is 5.63. The zero-order valence-electron chi connectivity index (χ0n) is 11.1. The van der Waals surface area contributed by atoms with E-state index in [2.05, 4.69) is 5.32 Å². The summed E-state index contributed by atoms with van der Waals surface area (Å²) in [6.07, 6.45) is 0.769. The molecule has 0 saturated carbocycles. The third-order valence-corrected chi connectivity index (χ3v) is 2.97. The van der Waals surface area contributed by atoms with Crippen LogP contribution in [-0.2, 0) is 4.79 Å². The molecule has 0 atom stereocenters. The number of nitrogens with zero attached hydrogens (tertiary/aromatic N) is 1. The Labute approximate surface area is 117 Å². The van der Waals surface area contributed by atoms with Gasteiger partial charge in [-0.15, -0.1) is 0 Å². The van der Waals surface area contributed by atoms with Crippen LogP contribution >= 0.6 is 11.6 Å². The average molecular weight is 284 g/mol. The van der Waals surface area contributed by atoms with Crippen molar-refractivity contribution in [1.82, 2.24) is 10.2 Å². The minimum atomic E-state index is -0.229. The fourth-order valence-electron chi connectivity index (χ4n) is 1.62. The minimum absolute atomic E-state index is 0.0329. The third-order valence-electron chi connectivity index (χ3n) is 2.64. The first-order valence-electron chi connectivity index (χ1n) is 6.04. The molecule has 0 aliphatic heterocycles. The van der Waals surface area contributed by atoms with Crippen LogP contribution in [-0.4, -0.2) is 36.9 Å². The number of rotatable bonds is 5. The summed E-state index contributed by atoms with van der Waals surface area (Å²) in [5, 5.41) is 2.84. The molecule has 0 saturated heterocycles. The molecule has 0 radical (unpaired) electrons. The van der Waals surface area contributed by atoms with Crippen LogP contribution < -0.4 is 11.1 Å². The maximum Gasteiger partial charge on any atom is 0.254 e. The summed E-state index contributed by atoms with van der Waals surface area (Å²) in [4.78, 5) is 25.2. The average Bonchev–Trinajstić information content (AvgIpc) is 2.40. The van der Waals surface area contributed by atoms with Gasteiger partial charge in [-0.3, -0.25) is 9.59 Å². The van der Waals surface area contributed by atoms with Gasteiger partial charge in [0.2, 0.25) is 5.91 Å².